The zero-order valence-corrected chi connectivity index (χ0v) is 8.31. The molecular formula is C8H12NO2P. The van der Waals surface area contributed by atoms with E-state index in [0.29, 0.717) is 0 Å². The first-order valence-corrected chi connectivity index (χ1v) is 4.22. The van der Waals surface area contributed by atoms with Gasteiger partial charge in [0.15, 0.2) is 0 Å². The maximum absolute atomic E-state index is 11.5. The Morgan fingerprint density at radius 2 is 2.25 bits per heavy atom. The Labute approximate surface area is 73.6 Å². The fourth-order valence-corrected chi connectivity index (χ4v) is 1.18. The Balaban J connectivity index is 3.24. The molecule has 1 aromatic rings. The fraction of sp³-hybridized carbons (Fsp3) is 0.375. The molecule has 1 unspecified atom stereocenters. The number of pyridine rings is 1. The van der Waals surface area contributed by atoms with E-state index in [-0.39, 0.29) is 11.5 Å². The molecule has 1 rings (SSSR count). The Hall–Kier alpha value is -0.820. The minimum Gasteiger partial charge on any atom is -0.399 e. The molecule has 0 bridgehead atoms. The quantitative estimate of drug-likeness (QED) is 0.648. The summed E-state index contributed by atoms with van der Waals surface area (Å²) in [4.78, 5) is 11.5. The Kier molecular flexibility index (Phi) is 2.88. The van der Waals surface area contributed by atoms with E-state index in [9.17, 15) is 4.79 Å². The van der Waals surface area contributed by atoms with Gasteiger partial charge in [-0.2, -0.15) is 0 Å². The van der Waals surface area contributed by atoms with Gasteiger partial charge in [0.1, 0.15) is 0 Å². The lowest BCUT2D eigenvalue weighted by Gasteiger charge is -2.07. The predicted octanol–water partition coefficient (Wildman–Crippen LogP) is 1.19. The zero-order valence-electron chi connectivity index (χ0n) is 7.15. The van der Waals surface area contributed by atoms with Crippen LogP contribution in [-0.4, -0.2) is 4.73 Å². The summed E-state index contributed by atoms with van der Waals surface area (Å²) in [6.07, 6.45) is 1.58. The molecule has 0 spiro atoms. The molecule has 1 aromatic heterocycles. The van der Waals surface area contributed by atoms with Gasteiger partial charge in [0.25, 0.3) is 5.56 Å². The Morgan fingerprint density at radius 1 is 1.58 bits per heavy atom. The number of hydrogen-bond donors (Lipinski definition) is 0. The van der Waals surface area contributed by atoms with Crippen LogP contribution < -0.4 is 10.2 Å². The van der Waals surface area contributed by atoms with Crippen LogP contribution in [0.25, 0.3) is 0 Å². The normalized spacial score (nSPS) is 10.3. The summed E-state index contributed by atoms with van der Waals surface area (Å²) in [5.74, 6) is 0.227. The molecule has 0 aliphatic carbocycles. The number of aromatic nitrogens is 1. The highest BCUT2D eigenvalue weighted by Crippen LogP contribution is 2.07. The molecule has 0 saturated heterocycles. The van der Waals surface area contributed by atoms with Crippen molar-refractivity contribution in [1.29, 1.82) is 0 Å². The molecule has 4 heteroatoms. The van der Waals surface area contributed by atoms with E-state index < -0.39 is 0 Å². The molecule has 0 aliphatic rings. The highest BCUT2D eigenvalue weighted by Gasteiger charge is 2.05. The lowest BCUT2D eigenvalue weighted by molar-refractivity contribution is 0.304. The van der Waals surface area contributed by atoms with Gasteiger partial charge in [0, 0.05) is 11.8 Å². The third kappa shape index (κ3) is 1.67. The van der Waals surface area contributed by atoms with E-state index in [1.165, 1.54) is 4.73 Å². The molecule has 1 atom stereocenters. The van der Waals surface area contributed by atoms with Gasteiger partial charge in [0.2, 0.25) is 0 Å². The molecule has 1 heterocycles. The third-order valence-electron chi connectivity index (χ3n) is 1.68. The van der Waals surface area contributed by atoms with Crippen molar-refractivity contribution in [2.75, 3.05) is 0 Å². The van der Waals surface area contributed by atoms with Gasteiger partial charge in [-0.25, -0.2) is 0 Å². The van der Waals surface area contributed by atoms with Gasteiger partial charge < -0.3 is 4.62 Å². The molecule has 0 aromatic carbocycles. The van der Waals surface area contributed by atoms with E-state index in [1.54, 1.807) is 12.3 Å². The minimum absolute atomic E-state index is 0.0949. The van der Waals surface area contributed by atoms with Gasteiger partial charge in [-0.3, -0.25) is 4.79 Å². The van der Waals surface area contributed by atoms with Gasteiger partial charge in [-0.15, -0.1) is 4.73 Å². The first-order chi connectivity index (χ1) is 5.66. The third-order valence-corrected chi connectivity index (χ3v) is 1.91. The molecule has 0 amide bonds. The summed E-state index contributed by atoms with van der Waals surface area (Å²) in [5, 5.41) is 0. The second-order valence-electron chi connectivity index (χ2n) is 2.85. The molecule has 0 fully saturated rings. The number of nitrogens with zero attached hydrogens (tertiary/aromatic N) is 1. The first-order valence-electron chi connectivity index (χ1n) is 3.75. The minimum atomic E-state index is -0.0949. The fourth-order valence-electron chi connectivity index (χ4n) is 1.01. The Bertz CT molecular complexity index is 319. The molecule has 12 heavy (non-hydrogen) atoms. The SMILES string of the molecule is CC(C)c1cccn(OP)c1=O. The highest BCUT2D eigenvalue weighted by molar-refractivity contribution is 7.10. The van der Waals surface area contributed by atoms with E-state index in [0.717, 1.165) is 5.56 Å². The van der Waals surface area contributed by atoms with Crippen LogP contribution in [0.3, 0.4) is 0 Å². The smallest absolute Gasteiger partial charge is 0.286 e. The van der Waals surface area contributed by atoms with Crippen molar-refractivity contribution in [3.05, 3.63) is 34.2 Å². The molecule has 0 N–H and O–H groups in total. The standard InChI is InChI=1S/C8H12NO2P/c1-6(2)7-4-3-5-9(11-12)8(7)10/h3-6H,12H2,1-2H3. The highest BCUT2D eigenvalue weighted by atomic mass is 31.0. The van der Waals surface area contributed by atoms with Crippen LogP contribution in [0.5, 0.6) is 0 Å². The van der Waals surface area contributed by atoms with Crippen LogP contribution in [0.15, 0.2) is 23.1 Å². The van der Waals surface area contributed by atoms with Crippen molar-refractivity contribution in [2.45, 2.75) is 19.8 Å². The summed E-state index contributed by atoms with van der Waals surface area (Å²) in [5.41, 5.74) is 0.669. The van der Waals surface area contributed by atoms with Crippen molar-refractivity contribution >= 4 is 9.47 Å². The second-order valence-corrected chi connectivity index (χ2v) is 3.07. The van der Waals surface area contributed by atoms with E-state index in [1.807, 2.05) is 29.4 Å². The Morgan fingerprint density at radius 3 is 2.75 bits per heavy atom. The lowest BCUT2D eigenvalue weighted by atomic mass is 10.1. The van der Waals surface area contributed by atoms with Crippen molar-refractivity contribution < 1.29 is 4.62 Å². The van der Waals surface area contributed by atoms with Crippen LogP contribution in [0.4, 0.5) is 0 Å². The van der Waals surface area contributed by atoms with Gasteiger partial charge in [0.05, 0.1) is 9.47 Å². The van der Waals surface area contributed by atoms with Gasteiger partial charge >= 0.3 is 0 Å². The molecule has 0 radical (unpaired) electrons. The summed E-state index contributed by atoms with van der Waals surface area (Å²) < 4.78 is 5.95. The van der Waals surface area contributed by atoms with Crippen LogP contribution in [-0.2, 0) is 0 Å². The van der Waals surface area contributed by atoms with Crippen molar-refractivity contribution in [2.24, 2.45) is 0 Å². The maximum atomic E-state index is 11.5. The van der Waals surface area contributed by atoms with Gasteiger partial charge in [-0.1, -0.05) is 19.9 Å². The maximum Gasteiger partial charge on any atom is 0.286 e. The second kappa shape index (κ2) is 3.72. The largest absolute Gasteiger partial charge is 0.399 e. The van der Waals surface area contributed by atoms with Gasteiger partial charge in [-0.05, 0) is 12.0 Å². The van der Waals surface area contributed by atoms with Crippen LogP contribution in [0.1, 0.15) is 25.3 Å². The van der Waals surface area contributed by atoms with Crippen LogP contribution in [0.2, 0.25) is 0 Å². The molecule has 3 nitrogen and oxygen atoms in total. The molecule has 66 valence electrons. The van der Waals surface area contributed by atoms with E-state index in [2.05, 4.69) is 0 Å². The van der Waals surface area contributed by atoms with Crippen LogP contribution >= 0.6 is 9.47 Å². The van der Waals surface area contributed by atoms with E-state index in [4.69, 9.17) is 4.62 Å². The monoisotopic (exact) mass is 185 g/mol. The molecule has 0 saturated carbocycles. The van der Waals surface area contributed by atoms with Crippen molar-refractivity contribution in [1.82, 2.24) is 4.73 Å². The predicted molar refractivity (Wildman–Crippen MR) is 51.1 cm³/mol. The summed E-state index contributed by atoms with van der Waals surface area (Å²) >= 11 is 0. The topological polar surface area (TPSA) is 31.2 Å². The average Bonchev–Trinajstić information content (AvgIpc) is 2.04. The lowest BCUT2D eigenvalue weighted by Crippen LogP contribution is -2.25. The summed E-state index contributed by atoms with van der Waals surface area (Å²) in [6, 6.07) is 3.61. The number of rotatable bonds is 2. The zero-order chi connectivity index (χ0) is 9.14. The molecular weight excluding hydrogens is 173 g/mol. The molecule has 0 aliphatic heterocycles. The average molecular weight is 185 g/mol. The van der Waals surface area contributed by atoms with Crippen LogP contribution in [0, 0.1) is 0 Å². The number of hydrogen-bond acceptors (Lipinski definition) is 2. The van der Waals surface area contributed by atoms with E-state index >= 15 is 0 Å². The first kappa shape index (κ1) is 9.27. The van der Waals surface area contributed by atoms with Crippen molar-refractivity contribution in [3.8, 4) is 0 Å². The summed E-state index contributed by atoms with van der Waals surface area (Å²) in [7, 11) is 2.05. The summed E-state index contributed by atoms with van der Waals surface area (Å²) in [6.45, 7) is 3.95. The van der Waals surface area contributed by atoms with Crippen molar-refractivity contribution in [3.63, 3.8) is 0 Å².